The molecule has 0 saturated heterocycles. The zero-order valence-electron chi connectivity index (χ0n) is 32.2. The van der Waals surface area contributed by atoms with Gasteiger partial charge in [0, 0.05) is 62.8 Å². The Labute approximate surface area is 345 Å². The number of anilines is 3. The van der Waals surface area contributed by atoms with Crippen molar-refractivity contribution in [1.29, 1.82) is 0 Å². The van der Waals surface area contributed by atoms with Crippen molar-refractivity contribution in [2.75, 3.05) is 4.90 Å². The molecule has 2 heterocycles. The maximum atomic E-state index is 2.46. The molecule has 0 amide bonds. The van der Waals surface area contributed by atoms with Gasteiger partial charge in [-0.2, -0.15) is 0 Å². The van der Waals surface area contributed by atoms with Crippen molar-refractivity contribution in [3.8, 4) is 33.4 Å². The first-order valence-electron chi connectivity index (χ1n) is 20.0. The lowest BCUT2D eigenvalue weighted by Gasteiger charge is -2.28. The van der Waals surface area contributed by atoms with Crippen molar-refractivity contribution in [1.82, 2.24) is 0 Å². The Bertz CT molecular complexity index is 3450. The number of hydrogen-bond acceptors (Lipinski definition) is 3. The minimum Gasteiger partial charge on any atom is -0.310 e. The van der Waals surface area contributed by atoms with Crippen molar-refractivity contribution in [2.24, 2.45) is 0 Å². The SMILES string of the molecule is CC1(C)c2ccccc2-c2cc(N(c3cccc(-c4ccc5c(c4)sc4ccccc45)c3)c3cccc(-c4cccc5c4sc4c6ccccc6ccc54)c3)ccc21. The van der Waals surface area contributed by atoms with Crippen LogP contribution in [-0.4, -0.2) is 0 Å². The predicted molar refractivity (Wildman–Crippen MR) is 253 cm³/mol. The molecule has 0 spiro atoms. The second-order valence-electron chi connectivity index (χ2n) is 16.1. The van der Waals surface area contributed by atoms with Crippen LogP contribution in [-0.2, 0) is 5.41 Å². The summed E-state index contributed by atoms with van der Waals surface area (Å²) in [5, 5.41) is 7.89. The van der Waals surface area contributed by atoms with Gasteiger partial charge in [-0.3, -0.25) is 0 Å². The van der Waals surface area contributed by atoms with Crippen LogP contribution in [0.4, 0.5) is 17.1 Å². The van der Waals surface area contributed by atoms with Crippen LogP contribution in [0.15, 0.2) is 188 Å². The van der Waals surface area contributed by atoms with E-state index in [1.807, 2.05) is 22.7 Å². The smallest absolute Gasteiger partial charge is 0.0468 e. The average molecular weight is 776 g/mol. The summed E-state index contributed by atoms with van der Waals surface area (Å²) in [6.45, 7) is 4.71. The molecule has 0 bridgehead atoms. The van der Waals surface area contributed by atoms with Crippen LogP contribution in [0, 0.1) is 0 Å². The standard InChI is InChI=1S/C55H37NS2/c1-55(2)49-22-7-5-18-43(49)48-33-40(26-29-50(48)55)56(38-15-9-13-35(30-38)36-25-27-45-44-19-6-8-23-51(44)57-52(45)32-36)39-16-10-14-37(31-39)42-20-11-21-46-47-28-24-34-12-3-4-17-41(34)53(47)58-54(42)46/h3-33H,1-2H3. The number of fused-ring (bicyclic) bond motifs is 11. The fourth-order valence-electron chi connectivity index (χ4n) is 9.59. The van der Waals surface area contributed by atoms with E-state index in [9.17, 15) is 0 Å². The van der Waals surface area contributed by atoms with Crippen LogP contribution in [0.1, 0.15) is 25.0 Å². The van der Waals surface area contributed by atoms with Gasteiger partial charge in [-0.25, -0.2) is 0 Å². The van der Waals surface area contributed by atoms with E-state index >= 15 is 0 Å². The predicted octanol–water partition coefficient (Wildman–Crippen LogP) is 16.7. The fraction of sp³-hybridized carbons (Fsp3) is 0.0545. The molecule has 2 aromatic heterocycles. The zero-order chi connectivity index (χ0) is 38.5. The van der Waals surface area contributed by atoms with Crippen LogP contribution in [0.5, 0.6) is 0 Å². The lowest BCUT2D eigenvalue weighted by atomic mass is 9.82. The molecule has 1 nitrogen and oxygen atoms in total. The van der Waals surface area contributed by atoms with Gasteiger partial charge in [-0.1, -0.05) is 153 Å². The van der Waals surface area contributed by atoms with E-state index in [2.05, 4.69) is 207 Å². The second-order valence-corrected chi connectivity index (χ2v) is 18.2. The molecule has 0 atom stereocenters. The van der Waals surface area contributed by atoms with Gasteiger partial charge in [0.25, 0.3) is 0 Å². The number of benzene rings is 9. The Morgan fingerprint density at radius 1 is 0.362 bits per heavy atom. The van der Waals surface area contributed by atoms with Crippen LogP contribution in [0.3, 0.4) is 0 Å². The minimum atomic E-state index is -0.0609. The largest absolute Gasteiger partial charge is 0.310 e. The van der Waals surface area contributed by atoms with Crippen LogP contribution in [0.25, 0.3) is 84.5 Å². The van der Waals surface area contributed by atoms with E-state index in [1.165, 1.54) is 95.6 Å². The van der Waals surface area contributed by atoms with Gasteiger partial charge in [0.1, 0.15) is 0 Å². The molecule has 12 rings (SSSR count). The van der Waals surface area contributed by atoms with E-state index in [1.54, 1.807) is 0 Å². The van der Waals surface area contributed by atoms with Crippen molar-refractivity contribution >= 4 is 90.9 Å². The highest BCUT2D eigenvalue weighted by atomic mass is 32.1. The Hall–Kier alpha value is -6.52. The third kappa shape index (κ3) is 5.07. The van der Waals surface area contributed by atoms with E-state index in [-0.39, 0.29) is 5.41 Å². The highest BCUT2D eigenvalue weighted by Crippen LogP contribution is 2.51. The average Bonchev–Trinajstić information content (AvgIpc) is 3.91. The van der Waals surface area contributed by atoms with Gasteiger partial charge < -0.3 is 4.90 Å². The number of thiophene rings is 2. The lowest BCUT2D eigenvalue weighted by Crippen LogP contribution is -2.15. The molecule has 274 valence electrons. The molecule has 0 radical (unpaired) electrons. The molecule has 9 aromatic carbocycles. The summed E-state index contributed by atoms with van der Waals surface area (Å²) in [5.74, 6) is 0. The molecule has 0 N–H and O–H groups in total. The molecule has 11 aromatic rings. The summed E-state index contributed by atoms with van der Waals surface area (Å²) in [4.78, 5) is 2.46. The fourth-order valence-corrected chi connectivity index (χ4v) is 12.1. The maximum Gasteiger partial charge on any atom is 0.0468 e. The highest BCUT2D eigenvalue weighted by Gasteiger charge is 2.35. The molecule has 1 aliphatic carbocycles. The van der Waals surface area contributed by atoms with Crippen molar-refractivity contribution in [2.45, 2.75) is 19.3 Å². The Morgan fingerprint density at radius 2 is 0.983 bits per heavy atom. The van der Waals surface area contributed by atoms with E-state index < -0.39 is 0 Å². The molecule has 1 aliphatic rings. The first-order chi connectivity index (χ1) is 28.5. The van der Waals surface area contributed by atoms with Gasteiger partial charge >= 0.3 is 0 Å². The first kappa shape index (κ1) is 33.6. The Balaban J connectivity index is 1.04. The van der Waals surface area contributed by atoms with Crippen molar-refractivity contribution in [3.63, 3.8) is 0 Å². The second kappa shape index (κ2) is 12.7. The van der Waals surface area contributed by atoms with E-state index in [0.717, 1.165) is 17.1 Å². The monoisotopic (exact) mass is 775 g/mol. The summed E-state index contributed by atoms with van der Waals surface area (Å²) < 4.78 is 5.32. The Morgan fingerprint density at radius 3 is 1.88 bits per heavy atom. The third-order valence-corrected chi connectivity index (χ3v) is 14.9. The normalized spacial score (nSPS) is 13.1. The van der Waals surface area contributed by atoms with E-state index in [4.69, 9.17) is 0 Å². The number of rotatable bonds is 5. The lowest BCUT2D eigenvalue weighted by molar-refractivity contribution is 0.660. The van der Waals surface area contributed by atoms with Gasteiger partial charge in [-0.05, 0) is 104 Å². The molecule has 0 fully saturated rings. The number of nitrogens with zero attached hydrogens (tertiary/aromatic N) is 1. The zero-order valence-corrected chi connectivity index (χ0v) is 33.8. The van der Waals surface area contributed by atoms with Gasteiger partial charge in [0.15, 0.2) is 0 Å². The summed E-state index contributed by atoms with van der Waals surface area (Å²) in [7, 11) is 0. The van der Waals surface area contributed by atoms with Gasteiger partial charge in [0.05, 0.1) is 0 Å². The molecular formula is C55H37NS2. The van der Waals surface area contributed by atoms with Crippen molar-refractivity contribution < 1.29 is 0 Å². The quantitative estimate of drug-likeness (QED) is 0.168. The van der Waals surface area contributed by atoms with Gasteiger partial charge in [-0.15, -0.1) is 22.7 Å². The molecule has 0 aliphatic heterocycles. The van der Waals surface area contributed by atoms with Crippen molar-refractivity contribution in [3.05, 3.63) is 199 Å². The topological polar surface area (TPSA) is 3.24 Å². The van der Waals surface area contributed by atoms with Crippen LogP contribution in [0.2, 0.25) is 0 Å². The third-order valence-electron chi connectivity index (χ3n) is 12.4. The summed E-state index contributed by atoms with van der Waals surface area (Å²) in [5.41, 5.74) is 13.6. The number of hydrogen-bond donors (Lipinski definition) is 0. The maximum absolute atomic E-state index is 2.46. The van der Waals surface area contributed by atoms with Gasteiger partial charge in [0.2, 0.25) is 0 Å². The molecule has 0 saturated carbocycles. The molecular weight excluding hydrogens is 739 g/mol. The molecule has 0 unspecified atom stereocenters. The Kier molecular flexibility index (Phi) is 7.38. The minimum absolute atomic E-state index is 0.0609. The molecule has 3 heteroatoms. The highest BCUT2D eigenvalue weighted by molar-refractivity contribution is 7.27. The van der Waals surface area contributed by atoms with Crippen LogP contribution >= 0.6 is 22.7 Å². The van der Waals surface area contributed by atoms with E-state index in [0.29, 0.717) is 0 Å². The summed E-state index contributed by atoms with van der Waals surface area (Å²) >= 11 is 3.79. The van der Waals surface area contributed by atoms with Crippen LogP contribution < -0.4 is 4.90 Å². The summed E-state index contributed by atoms with van der Waals surface area (Å²) in [6.07, 6.45) is 0. The molecule has 58 heavy (non-hydrogen) atoms. The summed E-state index contributed by atoms with van der Waals surface area (Å²) in [6, 6.07) is 70.1. The first-order valence-corrected chi connectivity index (χ1v) is 21.6.